The lowest BCUT2D eigenvalue weighted by molar-refractivity contribution is 0.490. The zero-order valence-electron chi connectivity index (χ0n) is 10.3. The highest BCUT2D eigenvalue weighted by Crippen LogP contribution is 2.13. The number of rotatable bonds is 6. The summed E-state index contributed by atoms with van der Waals surface area (Å²) in [6.45, 7) is 2.96. The van der Waals surface area contributed by atoms with E-state index in [0.29, 0.717) is 6.42 Å². The topological polar surface area (TPSA) is 94.5 Å². The summed E-state index contributed by atoms with van der Waals surface area (Å²) >= 11 is 0. The normalized spacial score (nSPS) is 12.6. The number of hydrogen-bond acceptors (Lipinski definition) is 6. The van der Waals surface area contributed by atoms with Crippen molar-refractivity contribution in [2.24, 2.45) is 5.84 Å². The van der Waals surface area contributed by atoms with Crippen LogP contribution in [0.2, 0.25) is 0 Å². The van der Waals surface area contributed by atoms with Crippen LogP contribution in [-0.2, 0) is 13.0 Å². The molecule has 96 valence electrons. The predicted molar refractivity (Wildman–Crippen MR) is 66.1 cm³/mol. The number of nitrogens with one attached hydrogen (secondary N) is 1. The van der Waals surface area contributed by atoms with Crippen molar-refractivity contribution >= 4 is 0 Å². The summed E-state index contributed by atoms with van der Waals surface area (Å²) < 4.78 is 1.89. The molecule has 1 atom stereocenters. The van der Waals surface area contributed by atoms with Crippen LogP contribution in [0, 0.1) is 0 Å². The van der Waals surface area contributed by atoms with Gasteiger partial charge in [0.25, 0.3) is 0 Å². The average Bonchev–Trinajstić information content (AvgIpc) is 2.85. The molecule has 2 aromatic heterocycles. The van der Waals surface area contributed by atoms with Crippen molar-refractivity contribution in [3.63, 3.8) is 0 Å². The van der Waals surface area contributed by atoms with Crippen LogP contribution in [-0.4, -0.2) is 24.7 Å². The van der Waals surface area contributed by atoms with E-state index in [1.807, 2.05) is 10.7 Å². The van der Waals surface area contributed by atoms with Crippen molar-refractivity contribution in [2.75, 3.05) is 0 Å². The van der Waals surface area contributed by atoms with Crippen molar-refractivity contribution in [1.82, 2.24) is 30.2 Å². The van der Waals surface area contributed by atoms with Gasteiger partial charge < -0.3 is 0 Å². The molecule has 0 saturated carbocycles. The minimum Gasteiger partial charge on any atom is -0.271 e. The van der Waals surface area contributed by atoms with E-state index in [0.717, 1.165) is 24.5 Å². The molecular formula is C11H17N7. The standard InChI is InChI=1S/C11H17N7/c1-2-5-18-11(15-8-16-18)6-10(17-12)9-3-4-13-7-14-9/h3-4,7-8,10,17H,2,5-6,12H2,1H3. The van der Waals surface area contributed by atoms with Gasteiger partial charge in [-0.2, -0.15) is 5.10 Å². The first kappa shape index (κ1) is 12.6. The fourth-order valence-electron chi connectivity index (χ4n) is 1.78. The first-order valence-electron chi connectivity index (χ1n) is 5.93. The number of nitrogens with zero attached hydrogens (tertiary/aromatic N) is 5. The van der Waals surface area contributed by atoms with Crippen LogP contribution in [0.3, 0.4) is 0 Å². The van der Waals surface area contributed by atoms with E-state index in [4.69, 9.17) is 5.84 Å². The summed E-state index contributed by atoms with van der Waals surface area (Å²) in [6, 6.07) is 1.75. The lowest BCUT2D eigenvalue weighted by Crippen LogP contribution is -2.31. The largest absolute Gasteiger partial charge is 0.271 e. The van der Waals surface area contributed by atoms with Crippen LogP contribution in [0.4, 0.5) is 0 Å². The summed E-state index contributed by atoms with van der Waals surface area (Å²) in [5.41, 5.74) is 3.60. The van der Waals surface area contributed by atoms with Crippen LogP contribution in [0.15, 0.2) is 24.9 Å². The second kappa shape index (κ2) is 6.18. The first-order chi connectivity index (χ1) is 8.85. The Hall–Kier alpha value is -1.86. The van der Waals surface area contributed by atoms with Gasteiger partial charge in [-0.1, -0.05) is 6.92 Å². The Kier molecular flexibility index (Phi) is 4.32. The Labute approximate surface area is 105 Å². The predicted octanol–water partition coefficient (Wildman–Crippen LogP) is 0.225. The van der Waals surface area contributed by atoms with Gasteiger partial charge in [-0.05, 0) is 12.5 Å². The van der Waals surface area contributed by atoms with Gasteiger partial charge in [0.15, 0.2) is 0 Å². The smallest absolute Gasteiger partial charge is 0.138 e. The third-order valence-corrected chi connectivity index (χ3v) is 2.68. The summed E-state index contributed by atoms with van der Waals surface area (Å²) in [5.74, 6) is 6.48. The SMILES string of the molecule is CCCn1ncnc1CC(NN)c1ccncn1. The van der Waals surface area contributed by atoms with Crippen molar-refractivity contribution < 1.29 is 0 Å². The zero-order valence-corrected chi connectivity index (χ0v) is 10.3. The number of hydrogen-bond donors (Lipinski definition) is 2. The Bertz CT molecular complexity index is 467. The first-order valence-corrected chi connectivity index (χ1v) is 5.93. The Morgan fingerprint density at radius 3 is 2.94 bits per heavy atom. The van der Waals surface area contributed by atoms with E-state index in [-0.39, 0.29) is 6.04 Å². The van der Waals surface area contributed by atoms with Crippen molar-refractivity contribution in [3.05, 3.63) is 36.4 Å². The van der Waals surface area contributed by atoms with Gasteiger partial charge in [0.2, 0.25) is 0 Å². The average molecular weight is 247 g/mol. The number of aromatic nitrogens is 5. The number of aryl methyl sites for hydroxylation is 1. The molecule has 0 spiro atoms. The highest BCUT2D eigenvalue weighted by atomic mass is 15.3. The van der Waals surface area contributed by atoms with Gasteiger partial charge in [0, 0.05) is 19.2 Å². The lowest BCUT2D eigenvalue weighted by Gasteiger charge is -2.14. The Balaban J connectivity index is 2.13. The van der Waals surface area contributed by atoms with Crippen LogP contribution in [0.25, 0.3) is 0 Å². The summed E-state index contributed by atoms with van der Waals surface area (Å²) in [4.78, 5) is 12.3. The summed E-state index contributed by atoms with van der Waals surface area (Å²) in [6.07, 6.45) is 6.44. The Morgan fingerprint density at radius 1 is 1.39 bits per heavy atom. The molecule has 18 heavy (non-hydrogen) atoms. The van der Waals surface area contributed by atoms with E-state index >= 15 is 0 Å². The quantitative estimate of drug-likeness (QED) is 0.560. The molecule has 1 unspecified atom stereocenters. The van der Waals surface area contributed by atoms with Crippen molar-refractivity contribution in [2.45, 2.75) is 32.4 Å². The maximum atomic E-state index is 5.58. The zero-order chi connectivity index (χ0) is 12.8. The fourth-order valence-corrected chi connectivity index (χ4v) is 1.78. The molecular weight excluding hydrogens is 230 g/mol. The van der Waals surface area contributed by atoms with E-state index in [1.54, 1.807) is 12.5 Å². The van der Waals surface area contributed by atoms with E-state index < -0.39 is 0 Å². The molecule has 0 amide bonds. The molecule has 2 heterocycles. The monoisotopic (exact) mass is 247 g/mol. The van der Waals surface area contributed by atoms with Gasteiger partial charge in [-0.3, -0.25) is 16.0 Å². The summed E-state index contributed by atoms with van der Waals surface area (Å²) in [7, 11) is 0. The minimum atomic E-state index is -0.0900. The maximum absolute atomic E-state index is 5.58. The number of nitrogens with two attached hydrogens (primary N) is 1. The third-order valence-electron chi connectivity index (χ3n) is 2.68. The van der Waals surface area contributed by atoms with E-state index in [9.17, 15) is 0 Å². The molecule has 0 aliphatic rings. The van der Waals surface area contributed by atoms with Crippen LogP contribution in [0.1, 0.15) is 30.9 Å². The van der Waals surface area contributed by atoms with Gasteiger partial charge in [-0.25, -0.2) is 15.0 Å². The molecule has 0 aliphatic heterocycles. The summed E-state index contributed by atoms with van der Waals surface area (Å²) in [5, 5.41) is 4.19. The molecule has 0 bridgehead atoms. The molecule has 0 saturated heterocycles. The highest BCUT2D eigenvalue weighted by Gasteiger charge is 2.15. The molecule has 2 rings (SSSR count). The molecule has 7 heteroatoms. The van der Waals surface area contributed by atoms with Gasteiger partial charge >= 0.3 is 0 Å². The molecule has 3 N–H and O–H groups in total. The van der Waals surface area contributed by atoms with Crippen molar-refractivity contribution in [1.29, 1.82) is 0 Å². The van der Waals surface area contributed by atoms with Crippen molar-refractivity contribution in [3.8, 4) is 0 Å². The molecule has 7 nitrogen and oxygen atoms in total. The molecule has 0 aromatic carbocycles. The second-order valence-corrected chi connectivity index (χ2v) is 3.96. The molecule has 2 aromatic rings. The maximum Gasteiger partial charge on any atom is 0.138 e. The fraction of sp³-hybridized carbons (Fsp3) is 0.455. The van der Waals surface area contributed by atoms with Gasteiger partial charge in [0.1, 0.15) is 18.5 Å². The molecule has 0 radical (unpaired) electrons. The third kappa shape index (κ3) is 2.88. The molecule has 0 aliphatic carbocycles. The second-order valence-electron chi connectivity index (χ2n) is 3.96. The van der Waals surface area contributed by atoms with E-state index in [1.165, 1.54) is 6.33 Å². The Morgan fingerprint density at radius 2 is 2.28 bits per heavy atom. The van der Waals surface area contributed by atoms with Gasteiger partial charge in [0.05, 0.1) is 11.7 Å². The van der Waals surface area contributed by atoms with Crippen LogP contribution in [0.5, 0.6) is 0 Å². The van der Waals surface area contributed by atoms with E-state index in [2.05, 4.69) is 32.4 Å². The highest BCUT2D eigenvalue weighted by molar-refractivity contribution is 5.07. The van der Waals surface area contributed by atoms with Crippen LogP contribution >= 0.6 is 0 Å². The van der Waals surface area contributed by atoms with Crippen LogP contribution < -0.4 is 11.3 Å². The molecule has 0 fully saturated rings. The van der Waals surface area contributed by atoms with Gasteiger partial charge in [-0.15, -0.1) is 0 Å². The lowest BCUT2D eigenvalue weighted by atomic mass is 10.1. The number of hydrazine groups is 1. The minimum absolute atomic E-state index is 0.0900.